The van der Waals surface area contributed by atoms with Crippen molar-refractivity contribution < 1.29 is 9.53 Å². The van der Waals surface area contributed by atoms with Gasteiger partial charge in [0.15, 0.2) is 0 Å². The molecule has 5 heteroatoms. The van der Waals surface area contributed by atoms with Crippen LogP contribution in [-0.2, 0) is 4.79 Å². The van der Waals surface area contributed by atoms with Crippen LogP contribution in [0.1, 0.15) is 20.3 Å². The fourth-order valence-electron chi connectivity index (χ4n) is 2.67. The summed E-state index contributed by atoms with van der Waals surface area (Å²) in [5.74, 6) is 0.699. The molecule has 3 N–H and O–H groups in total. The maximum atomic E-state index is 12.2. The number of nitrogens with two attached hydrogens (primary N) is 1. The Labute approximate surface area is 126 Å². The van der Waals surface area contributed by atoms with Crippen molar-refractivity contribution in [2.45, 2.75) is 20.3 Å². The molecule has 1 aliphatic heterocycles. The predicted octanol–water partition coefficient (Wildman–Crippen LogP) is 1.69. The van der Waals surface area contributed by atoms with Gasteiger partial charge in [-0.1, -0.05) is 19.1 Å². The van der Waals surface area contributed by atoms with Gasteiger partial charge in [0.05, 0.1) is 18.8 Å². The van der Waals surface area contributed by atoms with Crippen molar-refractivity contribution in [2.24, 2.45) is 11.1 Å². The monoisotopic (exact) mass is 291 g/mol. The van der Waals surface area contributed by atoms with Crippen LogP contribution in [0.2, 0.25) is 0 Å². The highest BCUT2D eigenvalue weighted by atomic mass is 16.5. The Morgan fingerprint density at radius 1 is 1.48 bits per heavy atom. The largest absolute Gasteiger partial charge is 0.492 e. The van der Waals surface area contributed by atoms with E-state index < -0.39 is 0 Å². The minimum atomic E-state index is -0.0107. The number of carbonyl (C=O) groups excluding carboxylic acids is 1. The van der Waals surface area contributed by atoms with Crippen molar-refractivity contribution in [3.8, 4) is 5.75 Å². The third-order valence-corrected chi connectivity index (χ3v) is 3.96. The van der Waals surface area contributed by atoms with E-state index in [-0.39, 0.29) is 11.3 Å². The van der Waals surface area contributed by atoms with E-state index in [4.69, 9.17) is 10.5 Å². The van der Waals surface area contributed by atoms with Gasteiger partial charge < -0.3 is 15.8 Å². The summed E-state index contributed by atoms with van der Waals surface area (Å²) in [6, 6.07) is 7.50. The quantitative estimate of drug-likeness (QED) is 0.837. The van der Waals surface area contributed by atoms with Crippen molar-refractivity contribution in [1.29, 1.82) is 0 Å². The lowest BCUT2D eigenvalue weighted by Gasteiger charge is -2.22. The van der Waals surface area contributed by atoms with Gasteiger partial charge in [-0.3, -0.25) is 9.69 Å². The first-order valence-electron chi connectivity index (χ1n) is 7.50. The number of para-hydroxylation sites is 2. The van der Waals surface area contributed by atoms with Gasteiger partial charge in [0.1, 0.15) is 5.75 Å². The Hall–Kier alpha value is -1.59. The maximum absolute atomic E-state index is 12.2. The van der Waals surface area contributed by atoms with Crippen molar-refractivity contribution in [3.05, 3.63) is 24.3 Å². The number of nitrogens with zero attached hydrogens (tertiary/aromatic N) is 1. The molecule has 0 aromatic heterocycles. The molecule has 0 radical (unpaired) electrons. The molecular formula is C16H25N3O2. The van der Waals surface area contributed by atoms with Gasteiger partial charge >= 0.3 is 0 Å². The number of hydrogen-bond acceptors (Lipinski definition) is 4. The Bertz CT molecular complexity index is 492. The standard InChI is InChI=1S/C16H25N3O2/c1-3-21-14-7-5-4-6-13(14)18-15(20)10-19-9-8-16(2,11-17)12-19/h4-7H,3,8-12,17H2,1-2H3,(H,18,20). The van der Waals surface area contributed by atoms with E-state index in [0.717, 1.165) is 25.2 Å². The number of rotatable bonds is 6. The van der Waals surface area contributed by atoms with E-state index >= 15 is 0 Å². The molecule has 1 aromatic carbocycles. The zero-order valence-corrected chi connectivity index (χ0v) is 12.9. The van der Waals surface area contributed by atoms with Crippen LogP contribution in [0, 0.1) is 5.41 Å². The molecule has 1 aromatic rings. The topological polar surface area (TPSA) is 67.6 Å². The first kappa shape index (κ1) is 15.8. The lowest BCUT2D eigenvalue weighted by atomic mass is 9.90. The third-order valence-electron chi connectivity index (χ3n) is 3.96. The highest BCUT2D eigenvalue weighted by Gasteiger charge is 2.33. The molecule has 0 saturated carbocycles. The van der Waals surface area contributed by atoms with Crippen LogP contribution in [0.15, 0.2) is 24.3 Å². The molecule has 0 bridgehead atoms. The maximum Gasteiger partial charge on any atom is 0.238 e. The van der Waals surface area contributed by atoms with Gasteiger partial charge in [0, 0.05) is 6.54 Å². The Kier molecular flexibility index (Phi) is 5.20. The zero-order chi connectivity index (χ0) is 15.3. The summed E-state index contributed by atoms with van der Waals surface area (Å²) in [7, 11) is 0. The van der Waals surface area contributed by atoms with E-state index in [1.807, 2.05) is 31.2 Å². The number of amides is 1. The van der Waals surface area contributed by atoms with Crippen LogP contribution in [0.25, 0.3) is 0 Å². The van der Waals surface area contributed by atoms with E-state index in [0.29, 0.717) is 25.4 Å². The van der Waals surface area contributed by atoms with Crippen LogP contribution in [0.5, 0.6) is 5.75 Å². The molecule has 1 amide bonds. The van der Waals surface area contributed by atoms with Gasteiger partial charge in [-0.25, -0.2) is 0 Å². The highest BCUT2D eigenvalue weighted by molar-refractivity contribution is 5.93. The molecule has 21 heavy (non-hydrogen) atoms. The summed E-state index contributed by atoms with van der Waals surface area (Å²) in [6.45, 7) is 7.55. The molecule has 1 fully saturated rings. The van der Waals surface area contributed by atoms with Gasteiger partial charge in [-0.2, -0.15) is 0 Å². The zero-order valence-electron chi connectivity index (χ0n) is 12.9. The molecule has 1 heterocycles. The molecular weight excluding hydrogens is 266 g/mol. The van der Waals surface area contributed by atoms with E-state index in [2.05, 4.69) is 17.1 Å². The van der Waals surface area contributed by atoms with Crippen LogP contribution in [-0.4, -0.2) is 43.6 Å². The second-order valence-corrected chi connectivity index (χ2v) is 5.95. The smallest absolute Gasteiger partial charge is 0.238 e. The van der Waals surface area contributed by atoms with Crippen molar-refractivity contribution in [3.63, 3.8) is 0 Å². The molecule has 1 unspecified atom stereocenters. The molecule has 116 valence electrons. The van der Waals surface area contributed by atoms with E-state index in [1.165, 1.54) is 0 Å². The average molecular weight is 291 g/mol. The first-order valence-corrected chi connectivity index (χ1v) is 7.50. The molecule has 1 saturated heterocycles. The van der Waals surface area contributed by atoms with Crippen molar-refractivity contribution in [2.75, 3.05) is 38.1 Å². The lowest BCUT2D eigenvalue weighted by molar-refractivity contribution is -0.117. The molecule has 0 aliphatic carbocycles. The van der Waals surface area contributed by atoms with Gasteiger partial charge in [0.25, 0.3) is 0 Å². The number of likely N-dealkylation sites (tertiary alicyclic amines) is 1. The summed E-state index contributed by atoms with van der Waals surface area (Å²) in [5.41, 5.74) is 6.66. The summed E-state index contributed by atoms with van der Waals surface area (Å²) < 4.78 is 5.51. The molecule has 0 spiro atoms. The minimum absolute atomic E-state index is 0.0107. The van der Waals surface area contributed by atoms with Gasteiger partial charge in [-0.15, -0.1) is 0 Å². The number of ether oxygens (including phenoxy) is 1. The fourth-order valence-corrected chi connectivity index (χ4v) is 2.67. The SMILES string of the molecule is CCOc1ccccc1NC(=O)CN1CCC(C)(CN)C1. The number of hydrogen-bond donors (Lipinski definition) is 2. The summed E-state index contributed by atoms with van der Waals surface area (Å²) in [4.78, 5) is 14.3. The molecule has 2 rings (SSSR count). The summed E-state index contributed by atoms with van der Waals surface area (Å²) in [5, 5.41) is 2.93. The second-order valence-electron chi connectivity index (χ2n) is 5.95. The third kappa shape index (κ3) is 4.19. The molecule has 1 atom stereocenters. The highest BCUT2D eigenvalue weighted by Crippen LogP contribution is 2.28. The Balaban J connectivity index is 1.91. The first-order chi connectivity index (χ1) is 10.1. The van der Waals surface area contributed by atoms with Crippen LogP contribution < -0.4 is 15.8 Å². The number of anilines is 1. The Morgan fingerprint density at radius 2 is 2.24 bits per heavy atom. The number of benzene rings is 1. The molecule has 5 nitrogen and oxygen atoms in total. The molecule has 1 aliphatic rings. The summed E-state index contributed by atoms with van der Waals surface area (Å²) in [6.07, 6.45) is 1.05. The van der Waals surface area contributed by atoms with Gasteiger partial charge in [0.2, 0.25) is 5.91 Å². The fraction of sp³-hybridized carbons (Fsp3) is 0.562. The minimum Gasteiger partial charge on any atom is -0.492 e. The van der Waals surface area contributed by atoms with Crippen LogP contribution >= 0.6 is 0 Å². The van der Waals surface area contributed by atoms with Gasteiger partial charge in [-0.05, 0) is 44.0 Å². The average Bonchev–Trinajstić information content (AvgIpc) is 2.83. The van der Waals surface area contributed by atoms with Crippen molar-refractivity contribution in [1.82, 2.24) is 4.90 Å². The van der Waals surface area contributed by atoms with Crippen LogP contribution in [0.3, 0.4) is 0 Å². The van der Waals surface area contributed by atoms with Crippen molar-refractivity contribution >= 4 is 11.6 Å². The second kappa shape index (κ2) is 6.91. The van der Waals surface area contributed by atoms with E-state index in [9.17, 15) is 4.79 Å². The van der Waals surface area contributed by atoms with E-state index in [1.54, 1.807) is 0 Å². The number of carbonyl (C=O) groups is 1. The summed E-state index contributed by atoms with van der Waals surface area (Å²) >= 11 is 0. The normalized spacial score (nSPS) is 22.2. The van der Waals surface area contributed by atoms with Crippen LogP contribution in [0.4, 0.5) is 5.69 Å². The number of nitrogens with one attached hydrogen (secondary N) is 1. The predicted molar refractivity (Wildman–Crippen MR) is 84.5 cm³/mol. The Morgan fingerprint density at radius 3 is 2.90 bits per heavy atom. The lowest BCUT2D eigenvalue weighted by Crippen LogP contribution is -2.35.